The lowest BCUT2D eigenvalue weighted by atomic mass is 10.3. The van der Waals surface area contributed by atoms with Gasteiger partial charge in [0, 0.05) is 0 Å². The molecular formula is C12H24. The van der Waals surface area contributed by atoms with E-state index in [9.17, 15) is 0 Å². The maximum absolute atomic E-state index is 2.18. The highest BCUT2D eigenvalue weighted by atomic mass is 13.7. The zero-order valence-electron chi connectivity index (χ0n) is 9.14. The summed E-state index contributed by atoms with van der Waals surface area (Å²) in [5.74, 6) is 0. The quantitative estimate of drug-likeness (QED) is 0.532. The molecule has 0 radical (unpaired) electrons. The van der Waals surface area contributed by atoms with Gasteiger partial charge >= 0.3 is 0 Å². The van der Waals surface area contributed by atoms with E-state index in [4.69, 9.17) is 0 Å². The normalized spacial score (nSPS) is 10.3. The molecule has 0 aliphatic heterocycles. The largest absolute Gasteiger partial charge is 0.0914 e. The first-order valence-corrected chi connectivity index (χ1v) is 5.09. The maximum Gasteiger partial charge on any atom is -0.0169 e. The minimum atomic E-state index is 1.09. The monoisotopic (exact) mass is 168 g/mol. The van der Waals surface area contributed by atoms with Crippen molar-refractivity contribution in [1.82, 2.24) is 0 Å². The van der Waals surface area contributed by atoms with Gasteiger partial charge in [-0.2, -0.15) is 0 Å². The molecule has 0 saturated carbocycles. The molecule has 72 valence electrons. The Balaban J connectivity index is 0. The summed E-state index contributed by atoms with van der Waals surface area (Å²) in [5.41, 5.74) is 0. The second-order valence-electron chi connectivity index (χ2n) is 2.68. The van der Waals surface area contributed by atoms with Crippen molar-refractivity contribution >= 4 is 0 Å². The molecule has 0 aromatic carbocycles. The Morgan fingerprint density at radius 3 is 1.75 bits per heavy atom. The second-order valence-corrected chi connectivity index (χ2v) is 2.68. The van der Waals surface area contributed by atoms with Gasteiger partial charge in [0.05, 0.1) is 0 Å². The Bertz CT molecular complexity index is 96.6. The fourth-order valence-corrected chi connectivity index (χ4v) is 0.478. The smallest absolute Gasteiger partial charge is 0.0169 e. The molecule has 0 heteroatoms. The molecule has 0 aliphatic rings. The van der Waals surface area contributed by atoms with Crippen LogP contribution in [0, 0.1) is 0 Å². The number of unbranched alkanes of at least 4 members (excludes halogenated alkanes) is 1. The lowest BCUT2D eigenvalue weighted by Crippen LogP contribution is -1.56. The van der Waals surface area contributed by atoms with E-state index in [0.29, 0.717) is 0 Å². The summed E-state index contributed by atoms with van der Waals surface area (Å²) in [4.78, 5) is 0. The Morgan fingerprint density at radius 2 is 1.42 bits per heavy atom. The van der Waals surface area contributed by atoms with Crippen LogP contribution >= 0.6 is 0 Å². The first-order chi connectivity index (χ1) is 5.83. The molecule has 0 unspecified atom stereocenters. The first-order valence-electron chi connectivity index (χ1n) is 5.09. The molecule has 0 amide bonds. The van der Waals surface area contributed by atoms with Crippen molar-refractivity contribution in [2.75, 3.05) is 0 Å². The molecule has 0 atom stereocenters. The lowest BCUT2D eigenvalue weighted by molar-refractivity contribution is 0.886. The van der Waals surface area contributed by atoms with Gasteiger partial charge in [0.2, 0.25) is 0 Å². The molecule has 0 aromatic rings. The fourth-order valence-electron chi connectivity index (χ4n) is 0.478. The number of allylic oxidation sites excluding steroid dienone is 4. The average Bonchev–Trinajstić information content (AvgIpc) is 2.13. The van der Waals surface area contributed by atoms with Crippen LogP contribution in [-0.2, 0) is 0 Å². The Morgan fingerprint density at radius 1 is 0.833 bits per heavy atom. The number of hydrogen-bond acceptors (Lipinski definition) is 0. The Labute approximate surface area is 78.4 Å². The number of rotatable bonds is 4. The van der Waals surface area contributed by atoms with E-state index in [1.54, 1.807) is 0 Å². The van der Waals surface area contributed by atoms with Crippen LogP contribution in [0.5, 0.6) is 0 Å². The minimum absolute atomic E-state index is 1.09. The van der Waals surface area contributed by atoms with Crippen LogP contribution < -0.4 is 0 Å². The molecule has 0 spiro atoms. The van der Waals surface area contributed by atoms with Crippen molar-refractivity contribution in [3.63, 3.8) is 0 Å². The summed E-state index contributed by atoms with van der Waals surface area (Å²) in [5, 5.41) is 0. The second kappa shape index (κ2) is 16.8. The van der Waals surface area contributed by atoms with Gasteiger partial charge in [-0.25, -0.2) is 0 Å². The van der Waals surface area contributed by atoms with Crippen LogP contribution in [0.2, 0.25) is 0 Å². The van der Waals surface area contributed by atoms with E-state index >= 15 is 0 Å². The highest BCUT2D eigenvalue weighted by molar-refractivity contribution is 4.90. The highest BCUT2D eigenvalue weighted by Crippen LogP contribution is 1.86. The van der Waals surface area contributed by atoms with E-state index in [1.807, 2.05) is 6.92 Å². The molecule has 0 fully saturated rings. The highest BCUT2D eigenvalue weighted by Gasteiger charge is 1.65. The van der Waals surface area contributed by atoms with Gasteiger partial charge in [-0.3, -0.25) is 0 Å². The van der Waals surface area contributed by atoms with Crippen LogP contribution in [-0.4, -0.2) is 0 Å². The van der Waals surface area contributed by atoms with Crippen LogP contribution in [0.15, 0.2) is 24.3 Å². The zero-order valence-corrected chi connectivity index (χ0v) is 9.14. The number of hydrogen-bond donors (Lipinski definition) is 0. The van der Waals surface area contributed by atoms with Crippen molar-refractivity contribution < 1.29 is 0 Å². The molecule has 0 bridgehead atoms. The molecule has 0 aromatic heterocycles. The summed E-state index contributed by atoms with van der Waals surface area (Å²) in [7, 11) is 0. The molecule has 0 rings (SSSR count). The summed E-state index contributed by atoms with van der Waals surface area (Å²) in [6, 6.07) is 0. The summed E-state index contributed by atoms with van der Waals surface area (Å²) in [6.45, 7) is 8.55. The lowest BCUT2D eigenvalue weighted by Gasteiger charge is -1.77. The molecule has 0 N–H and O–H groups in total. The third kappa shape index (κ3) is 22.7. The predicted octanol–water partition coefficient (Wildman–Crippen LogP) is 4.73. The topological polar surface area (TPSA) is 0 Å². The van der Waals surface area contributed by atoms with Gasteiger partial charge in [0.15, 0.2) is 0 Å². The first kappa shape index (κ1) is 14.0. The van der Waals surface area contributed by atoms with Gasteiger partial charge < -0.3 is 0 Å². The Kier molecular flexibility index (Phi) is 19.7. The molecular weight excluding hydrogens is 144 g/mol. The van der Waals surface area contributed by atoms with Crippen molar-refractivity contribution in [2.45, 2.75) is 53.4 Å². The Hall–Kier alpha value is -0.520. The molecule has 0 nitrogen and oxygen atoms in total. The predicted molar refractivity (Wildman–Crippen MR) is 59.4 cm³/mol. The fraction of sp³-hybridized carbons (Fsp3) is 0.667. The molecule has 0 saturated heterocycles. The summed E-state index contributed by atoms with van der Waals surface area (Å²) in [6.07, 6.45) is 13.5. The van der Waals surface area contributed by atoms with Gasteiger partial charge in [0.25, 0.3) is 0 Å². The van der Waals surface area contributed by atoms with E-state index in [-0.39, 0.29) is 0 Å². The zero-order chi connectivity index (χ0) is 9.66. The van der Waals surface area contributed by atoms with E-state index in [1.165, 1.54) is 12.8 Å². The van der Waals surface area contributed by atoms with Crippen molar-refractivity contribution in [2.24, 2.45) is 0 Å². The van der Waals surface area contributed by atoms with Gasteiger partial charge in [-0.1, -0.05) is 57.9 Å². The average molecular weight is 168 g/mol. The molecule has 0 heterocycles. The van der Waals surface area contributed by atoms with Crippen molar-refractivity contribution in [3.05, 3.63) is 24.3 Å². The molecule has 0 aliphatic carbocycles. The standard InChI is InChI=1S/C8H14.C4H10/c1-3-5-7-8-6-4-2;1-3-4-2/h3,5-6,8H,4,7H2,1-2H3;3-4H2,1-2H3. The summed E-state index contributed by atoms with van der Waals surface area (Å²) < 4.78 is 0. The third-order valence-corrected chi connectivity index (χ3v) is 1.41. The van der Waals surface area contributed by atoms with E-state index < -0.39 is 0 Å². The van der Waals surface area contributed by atoms with Gasteiger partial charge in [-0.05, 0) is 19.8 Å². The van der Waals surface area contributed by atoms with Crippen LogP contribution in [0.1, 0.15) is 53.4 Å². The van der Waals surface area contributed by atoms with Crippen LogP contribution in [0.3, 0.4) is 0 Å². The summed E-state index contributed by atoms with van der Waals surface area (Å²) >= 11 is 0. The SMILES string of the molecule is CC=CCC=CCC.CCCC. The van der Waals surface area contributed by atoms with Crippen molar-refractivity contribution in [3.8, 4) is 0 Å². The van der Waals surface area contributed by atoms with Crippen molar-refractivity contribution in [1.29, 1.82) is 0 Å². The van der Waals surface area contributed by atoms with E-state index in [2.05, 4.69) is 45.1 Å². The van der Waals surface area contributed by atoms with E-state index in [0.717, 1.165) is 12.8 Å². The van der Waals surface area contributed by atoms with Gasteiger partial charge in [-0.15, -0.1) is 0 Å². The van der Waals surface area contributed by atoms with Gasteiger partial charge in [0.1, 0.15) is 0 Å². The van der Waals surface area contributed by atoms with Crippen LogP contribution in [0.4, 0.5) is 0 Å². The minimum Gasteiger partial charge on any atom is -0.0914 e. The molecule has 12 heavy (non-hydrogen) atoms. The van der Waals surface area contributed by atoms with Crippen LogP contribution in [0.25, 0.3) is 0 Å². The third-order valence-electron chi connectivity index (χ3n) is 1.41. The maximum atomic E-state index is 2.18.